The van der Waals surface area contributed by atoms with E-state index in [0.29, 0.717) is 0 Å². The summed E-state index contributed by atoms with van der Waals surface area (Å²) >= 11 is 5.58. The van der Waals surface area contributed by atoms with Crippen LogP contribution in [0.4, 0.5) is 0 Å². The largest absolute Gasteiger partial charge is 0.315 e. The average molecular weight is 219 g/mol. The van der Waals surface area contributed by atoms with Gasteiger partial charge in [-0.3, -0.25) is 0 Å². The first kappa shape index (κ1) is 12.3. The Morgan fingerprint density at radius 1 is 1.00 bits per heavy atom. The van der Waals surface area contributed by atoms with E-state index in [1.54, 1.807) is 0 Å². The van der Waals surface area contributed by atoms with Crippen molar-refractivity contribution in [3.05, 3.63) is 0 Å². The van der Waals surface area contributed by atoms with Gasteiger partial charge in [-0.25, -0.2) is 0 Å². The number of nitrogens with one attached hydrogen (secondary N) is 1. The van der Waals surface area contributed by atoms with Crippen molar-refractivity contribution in [1.29, 1.82) is 0 Å². The predicted molar refractivity (Wildman–Crippen MR) is 63.1 cm³/mol. The molecule has 0 aromatic rings. The van der Waals surface area contributed by atoms with E-state index in [4.69, 9.17) is 11.6 Å². The minimum atomic E-state index is 0.726. The van der Waals surface area contributed by atoms with E-state index >= 15 is 0 Å². The Bertz CT molecular complexity index is 122. The second kappa shape index (κ2) is 8.51. The molecule has 14 heavy (non-hydrogen) atoms. The molecule has 3 heteroatoms. The fourth-order valence-electron chi connectivity index (χ4n) is 1.98. The Labute approximate surface area is 93.0 Å². The SMILES string of the molecule is ClCCNCCCN1CCCCCC1. The highest BCUT2D eigenvalue weighted by atomic mass is 35.5. The van der Waals surface area contributed by atoms with Gasteiger partial charge in [0, 0.05) is 12.4 Å². The predicted octanol–water partition coefficient (Wildman–Crippen LogP) is 2.08. The van der Waals surface area contributed by atoms with E-state index in [0.717, 1.165) is 19.0 Å². The van der Waals surface area contributed by atoms with Crippen LogP contribution in [0.1, 0.15) is 32.1 Å². The summed E-state index contributed by atoms with van der Waals surface area (Å²) in [5.41, 5.74) is 0. The van der Waals surface area contributed by atoms with Crippen LogP contribution < -0.4 is 5.32 Å². The second-order valence-corrected chi connectivity index (χ2v) is 4.43. The number of nitrogens with zero attached hydrogens (tertiary/aromatic N) is 1. The monoisotopic (exact) mass is 218 g/mol. The van der Waals surface area contributed by atoms with Crippen molar-refractivity contribution in [3.8, 4) is 0 Å². The Balaban J connectivity index is 1.93. The van der Waals surface area contributed by atoms with Gasteiger partial charge in [-0.05, 0) is 45.4 Å². The molecule has 1 fully saturated rings. The van der Waals surface area contributed by atoms with Crippen molar-refractivity contribution < 1.29 is 0 Å². The molecule has 0 amide bonds. The van der Waals surface area contributed by atoms with Crippen LogP contribution in [0.5, 0.6) is 0 Å². The molecule has 84 valence electrons. The summed E-state index contributed by atoms with van der Waals surface area (Å²) in [4.78, 5) is 2.61. The fraction of sp³-hybridized carbons (Fsp3) is 1.00. The first-order valence-electron chi connectivity index (χ1n) is 5.92. The number of likely N-dealkylation sites (tertiary alicyclic amines) is 1. The molecule has 1 rings (SSSR count). The Morgan fingerprint density at radius 2 is 1.71 bits per heavy atom. The Hall–Kier alpha value is 0.210. The molecule has 1 saturated heterocycles. The fourth-order valence-corrected chi connectivity index (χ4v) is 2.11. The van der Waals surface area contributed by atoms with E-state index < -0.39 is 0 Å². The molecule has 0 aromatic carbocycles. The summed E-state index contributed by atoms with van der Waals surface area (Å²) in [6.45, 7) is 5.95. The maximum Gasteiger partial charge on any atom is 0.0348 e. The molecule has 0 unspecified atom stereocenters. The van der Waals surface area contributed by atoms with Gasteiger partial charge in [0.05, 0.1) is 0 Å². The molecular formula is C11H23ClN2. The van der Waals surface area contributed by atoms with Gasteiger partial charge < -0.3 is 10.2 Å². The topological polar surface area (TPSA) is 15.3 Å². The van der Waals surface area contributed by atoms with Crippen LogP contribution in [0.15, 0.2) is 0 Å². The van der Waals surface area contributed by atoms with Crippen molar-refractivity contribution in [2.75, 3.05) is 38.6 Å². The van der Waals surface area contributed by atoms with Crippen LogP contribution in [-0.4, -0.2) is 43.5 Å². The first-order chi connectivity index (χ1) is 6.93. The average Bonchev–Trinajstić information content (AvgIpc) is 2.46. The molecular weight excluding hydrogens is 196 g/mol. The highest BCUT2D eigenvalue weighted by Gasteiger charge is 2.07. The van der Waals surface area contributed by atoms with Crippen LogP contribution in [-0.2, 0) is 0 Å². The van der Waals surface area contributed by atoms with Crippen LogP contribution >= 0.6 is 11.6 Å². The third kappa shape index (κ3) is 5.84. The lowest BCUT2D eigenvalue weighted by molar-refractivity contribution is 0.280. The van der Waals surface area contributed by atoms with Gasteiger partial charge in [0.15, 0.2) is 0 Å². The van der Waals surface area contributed by atoms with Crippen LogP contribution in [0.3, 0.4) is 0 Å². The van der Waals surface area contributed by atoms with E-state index in [-0.39, 0.29) is 0 Å². The van der Waals surface area contributed by atoms with Crippen molar-refractivity contribution >= 4 is 11.6 Å². The molecule has 0 saturated carbocycles. The minimum absolute atomic E-state index is 0.726. The molecule has 0 bridgehead atoms. The van der Waals surface area contributed by atoms with E-state index in [1.807, 2.05) is 0 Å². The van der Waals surface area contributed by atoms with E-state index in [1.165, 1.54) is 51.7 Å². The molecule has 0 aliphatic carbocycles. The maximum atomic E-state index is 5.58. The van der Waals surface area contributed by atoms with Gasteiger partial charge >= 0.3 is 0 Å². The smallest absolute Gasteiger partial charge is 0.0348 e. The highest BCUT2D eigenvalue weighted by Crippen LogP contribution is 2.09. The van der Waals surface area contributed by atoms with Gasteiger partial charge in [-0.15, -0.1) is 11.6 Å². The normalized spacial score (nSPS) is 19.5. The summed E-state index contributed by atoms with van der Waals surface area (Å²) in [5, 5.41) is 3.33. The zero-order valence-corrected chi connectivity index (χ0v) is 9.86. The number of hydrogen-bond donors (Lipinski definition) is 1. The van der Waals surface area contributed by atoms with Crippen molar-refractivity contribution in [2.24, 2.45) is 0 Å². The Morgan fingerprint density at radius 3 is 2.36 bits per heavy atom. The molecule has 0 aromatic heterocycles. The zero-order chi connectivity index (χ0) is 10.1. The molecule has 1 aliphatic heterocycles. The summed E-state index contributed by atoms with van der Waals surface area (Å²) in [5.74, 6) is 0.726. The maximum absolute atomic E-state index is 5.58. The molecule has 0 radical (unpaired) electrons. The lowest BCUT2D eigenvalue weighted by Crippen LogP contribution is -2.28. The second-order valence-electron chi connectivity index (χ2n) is 4.05. The molecule has 1 aliphatic rings. The Kier molecular flexibility index (Phi) is 7.47. The summed E-state index contributed by atoms with van der Waals surface area (Å²) < 4.78 is 0. The third-order valence-corrected chi connectivity index (χ3v) is 2.99. The third-order valence-electron chi connectivity index (χ3n) is 2.80. The standard InChI is InChI=1S/C11H23ClN2/c12-6-8-13-7-5-11-14-9-3-1-2-4-10-14/h13H,1-11H2. The first-order valence-corrected chi connectivity index (χ1v) is 6.46. The molecule has 0 atom stereocenters. The summed E-state index contributed by atoms with van der Waals surface area (Å²) in [6.07, 6.45) is 6.92. The zero-order valence-electron chi connectivity index (χ0n) is 9.10. The number of alkyl halides is 1. The van der Waals surface area contributed by atoms with Gasteiger partial charge in [-0.1, -0.05) is 12.8 Å². The quantitative estimate of drug-likeness (QED) is 0.543. The molecule has 0 spiro atoms. The molecule has 1 heterocycles. The van der Waals surface area contributed by atoms with Crippen LogP contribution in [0.2, 0.25) is 0 Å². The van der Waals surface area contributed by atoms with Crippen molar-refractivity contribution in [2.45, 2.75) is 32.1 Å². The van der Waals surface area contributed by atoms with Crippen LogP contribution in [0.25, 0.3) is 0 Å². The molecule has 1 N–H and O–H groups in total. The lowest BCUT2D eigenvalue weighted by atomic mass is 10.2. The molecule has 2 nitrogen and oxygen atoms in total. The van der Waals surface area contributed by atoms with Gasteiger partial charge in [0.2, 0.25) is 0 Å². The highest BCUT2D eigenvalue weighted by molar-refractivity contribution is 6.18. The number of halogens is 1. The van der Waals surface area contributed by atoms with Gasteiger partial charge in [0.25, 0.3) is 0 Å². The van der Waals surface area contributed by atoms with E-state index in [9.17, 15) is 0 Å². The van der Waals surface area contributed by atoms with Crippen molar-refractivity contribution in [3.63, 3.8) is 0 Å². The van der Waals surface area contributed by atoms with Crippen molar-refractivity contribution in [1.82, 2.24) is 10.2 Å². The minimum Gasteiger partial charge on any atom is -0.315 e. The lowest BCUT2D eigenvalue weighted by Gasteiger charge is -2.19. The summed E-state index contributed by atoms with van der Waals surface area (Å²) in [7, 11) is 0. The van der Waals surface area contributed by atoms with E-state index in [2.05, 4.69) is 10.2 Å². The van der Waals surface area contributed by atoms with Crippen LogP contribution in [0, 0.1) is 0 Å². The van der Waals surface area contributed by atoms with Gasteiger partial charge in [-0.2, -0.15) is 0 Å². The summed E-state index contributed by atoms with van der Waals surface area (Å²) in [6, 6.07) is 0. The number of hydrogen-bond acceptors (Lipinski definition) is 2. The number of rotatable bonds is 6. The van der Waals surface area contributed by atoms with Gasteiger partial charge in [0.1, 0.15) is 0 Å².